The zero-order valence-electron chi connectivity index (χ0n) is 10.8. The SMILES string of the molecule is NC(=O)N/N=C(/c1ccccc1)C1(O)CCCCC1. The van der Waals surface area contributed by atoms with Crippen molar-refractivity contribution in [1.82, 2.24) is 5.43 Å². The van der Waals surface area contributed by atoms with Crippen LogP contribution < -0.4 is 11.2 Å². The molecule has 5 heteroatoms. The number of nitrogens with two attached hydrogens (primary N) is 1. The van der Waals surface area contributed by atoms with Crippen LogP contribution in [0.3, 0.4) is 0 Å². The third kappa shape index (κ3) is 3.32. The zero-order chi connectivity index (χ0) is 13.7. The van der Waals surface area contributed by atoms with Crippen molar-refractivity contribution in [2.75, 3.05) is 0 Å². The van der Waals surface area contributed by atoms with Gasteiger partial charge in [-0.3, -0.25) is 0 Å². The van der Waals surface area contributed by atoms with Gasteiger partial charge in [-0.1, -0.05) is 49.6 Å². The first kappa shape index (κ1) is 13.5. The molecule has 0 spiro atoms. The number of carbonyl (C=O) groups excluding carboxylic acids is 1. The van der Waals surface area contributed by atoms with Gasteiger partial charge in [-0.15, -0.1) is 0 Å². The van der Waals surface area contributed by atoms with Crippen molar-refractivity contribution in [3.05, 3.63) is 35.9 Å². The zero-order valence-corrected chi connectivity index (χ0v) is 10.8. The monoisotopic (exact) mass is 261 g/mol. The van der Waals surface area contributed by atoms with Crippen molar-refractivity contribution in [2.24, 2.45) is 10.8 Å². The van der Waals surface area contributed by atoms with Gasteiger partial charge in [0.2, 0.25) is 0 Å². The summed E-state index contributed by atoms with van der Waals surface area (Å²) in [5, 5.41) is 14.8. The van der Waals surface area contributed by atoms with E-state index < -0.39 is 11.6 Å². The van der Waals surface area contributed by atoms with Crippen molar-refractivity contribution in [3.63, 3.8) is 0 Å². The second-order valence-electron chi connectivity index (χ2n) is 4.89. The van der Waals surface area contributed by atoms with Crippen LogP contribution in [0.2, 0.25) is 0 Å². The third-order valence-electron chi connectivity index (χ3n) is 3.45. The highest BCUT2D eigenvalue weighted by Crippen LogP contribution is 2.31. The summed E-state index contributed by atoms with van der Waals surface area (Å²) in [5.74, 6) is 0. The first-order chi connectivity index (χ1) is 9.12. The van der Waals surface area contributed by atoms with Crippen molar-refractivity contribution in [3.8, 4) is 0 Å². The van der Waals surface area contributed by atoms with E-state index in [1.807, 2.05) is 30.3 Å². The Kier molecular flexibility index (Phi) is 4.16. The summed E-state index contributed by atoms with van der Waals surface area (Å²) >= 11 is 0. The molecule has 1 fully saturated rings. The third-order valence-corrected chi connectivity index (χ3v) is 3.45. The topological polar surface area (TPSA) is 87.7 Å². The standard InChI is InChI=1S/C14H19N3O2/c15-13(18)17-16-12(11-7-3-1-4-8-11)14(19)9-5-2-6-10-14/h1,3-4,7-8,19H,2,5-6,9-10H2,(H3,15,17,18)/b16-12-. The van der Waals surface area contributed by atoms with Gasteiger partial charge in [-0.05, 0) is 12.8 Å². The fourth-order valence-electron chi connectivity index (χ4n) is 2.52. The Balaban J connectivity index is 2.34. The average molecular weight is 261 g/mol. The Labute approximate surface area is 112 Å². The van der Waals surface area contributed by atoms with Gasteiger partial charge in [0.15, 0.2) is 0 Å². The average Bonchev–Trinajstić information content (AvgIpc) is 2.40. The number of hydrogen-bond donors (Lipinski definition) is 3. The van der Waals surface area contributed by atoms with Crippen molar-refractivity contribution in [1.29, 1.82) is 0 Å². The molecular formula is C14H19N3O2. The lowest BCUT2D eigenvalue weighted by atomic mass is 9.79. The molecule has 5 nitrogen and oxygen atoms in total. The molecule has 0 aromatic heterocycles. The number of aliphatic hydroxyl groups is 1. The van der Waals surface area contributed by atoms with Crippen LogP contribution in [0, 0.1) is 0 Å². The lowest BCUT2D eigenvalue weighted by molar-refractivity contribution is 0.0710. The van der Waals surface area contributed by atoms with E-state index >= 15 is 0 Å². The van der Waals surface area contributed by atoms with E-state index in [-0.39, 0.29) is 0 Å². The molecule has 1 aliphatic rings. The highest BCUT2D eigenvalue weighted by atomic mass is 16.3. The molecule has 2 rings (SSSR count). The quantitative estimate of drug-likeness (QED) is 0.571. The smallest absolute Gasteiger partial charge is 0.332 e. The van der Waals surface area contributed by atoms with E-state index in [0.717, 1.165) is 24.8 Å². The molecule has 0 bridgehead atoms. The molecule has 0 radical (unpaired) electrons. The van der Waals surface area contributed by atoms with E-state index in [1.165, 1.54) is 0 Å². The minimum Gasteiger partial charge on any atom is -0.383 e. The number of nitrogens with zero attached hydrogens (tertiary/aromatic N) is 1. The summed E-state index contributed by atoms with van der Waals surface area (Å²) in [6, 6.07) is 8.66. The number of urea groups is 1. The molecule has 1 saturated carbocycles. The van der Waals surface area contributed by atoms with Gasteiger partial charge in [-0.25, -0.2) is 10.2 Å². The molecule has 0 unspecified atom stereocenters. The minimum absolute atomic E-state index is 0.492. The molecule has 1 aromatic carbocycles. The van der Waals surface area contributed by atoms with E-state index in [4.69, 9.17) is 5.73 Å². The van der Waals surface area contributed by atoms with Crippen LogP contribution in [0.25, 0.3) is 0 Å². The predicted octanol–water partition coefficient (Wildman–Crippen LogP) is 1.75. The summed E-state index contributed by atoms with van der Waals surface area (Å²) < 4.78 is 0. The molecule has 0 saturated heterocycles. The highest BCUT2D eigenvalue weighted by Gasteiger charge is 2.35. The maximum absolute atomic E-state index is 10.8. The summed E-state index contributed by atoms with van der Waals surface area (Å²) in [6.45, 7) is 0. The molecule has 0 atom stereocenters. The van der Waals surface area contributed by atoms with E-state index in [1.54, 1.807) is 0 Å². The lowest BCUT2D eigenvalue weighted by Crippen LogP contribution is -2.43. The molecule has 1 aliphatic carbocycles. The fourth-order valence-corrected chi connectivity index (χ4v) is 2.52. The van der Waals surface area contributed by atoms with E-state index in [0.29, 0.717) is 18.6 Å². The molecule has 0 heterocycles. The van der Waals surface area contributed by atoms with Gasteiger partial charge < -0.3 is 10.8 Å². The van der Waals surface area contributed by atoms with Gasteiger partial charge >= 0.3 is 6.03 Å². The number of rotatable bonds is 3. The summed E-state index contributed by atoms with van der Waals surface area (Å²) in [5.41, 5.74) is 7.60. The number of primary amides is 1. The normalized spacial score (nSPS) is 18.9. The first-order valence-corrected chi connectivity index (χ1v) is 6.53. The molecular weight excluding hydrogens is 242 g/mol. The number of hydrazone groups is 1. The van der Waals surface area contributed by atoms with Crippen LogP contribution in [-0.4, -0.2) is 22.5 Å². The number of amides is 2. The second kappa shape index (κ2) is 5.84. The summed E-state index contributed by atoms with van der Waals surface area (Å²) in [4.78, 5) is 10.8. The Hall–Kier alpha value is -1.88. The Morgan fingerprint density at radius 3 is 2.42 bits per heavy atom. The van der Waals surface area contributed by atoms with E-state index in [9.17, 15) is 9.90 Å². The van der Waals surface area contributed by atoms with Gasteiger partial charge in [0.1, 0.15) is 5.60 Å². The molecule has 19 heavy (non-hydrogen) atoms. The molecule has 2 amide bonds. The first-order valence-electron chi connectivity index (χ1n) is 6.53. The number of benzene rings is 1. The number of hydrogen-bond acceptors (Lipinski definition) is 3. The second-order valence-corrected chi connectivity index (χ2v) is 4.89. The Morgan fingerprint density at radius 2 is 1.84 bits per heavy atom. The number of carbonyl (C=O) groups is 1. The van der Waals surface area contributed by atoms with Crippen molar-refractivity contribution >= 4 is 11.7 Å². The summed E-state index contributed by atoms with van der Waals surface area (Å²) in [7, 11) is 0. The maximum Gasteiger partial charge on any atom is 0.332 e. The maximum atomic E-state index is 10.8. The van der Waals surface area contributed by atoms with E-state index in [2.05, 4.69) is 10.5 Å². The van der Waals surface area contributed by atoms with Crippen LogP contribution in [-0.2, 0) is 0 Å². The van der Waals surface area contributed by atoms with Gasteiger partial charge in [0.25, 0.3) is 0 Å². The van der Waals surface area contributed by atoms with Gasteiger partial charge in [-0.2, -0.15) is 5.10 Å². The van der Waals surface area contributed by atoms with Gasteiger partial charge in [0.05, 0.1) is 5.71 Å². The fraction of sp³-hybridized carbons (Fsp3) is 0.429. The molecule has 0 aliphatic heterocycles. The van der Waals surface area contributed by atoms with Crippen LogP contribution in [0.1, 0.15) is 37.7 Å². The van der Waals surface area contributed by atoms with Crippen LogP contribution >= 0.6 is 0 Å². The molecule has 102 valence electrons. The summed E-state index contributed by atoms with van der Waals surface area (Å²) in [6.07, 6.45) is 4.34. The number of nitrogens with one attached hydrogen (secondary N) is 1. The van der Waals surface area contributed by atoms with Crippen LogP contribution in [0.15, 0.2) is 35.4 Å². The predicted molar refractivity (Wildman–Crippen MR) is 73.7 cm³/mol. The molecule has 1 aromatic rings. The molecule has 4 N–H and O–H groups in total. The van der Waals surface area contributed by atoms with Crippen molar-refractivity contribution < 1.29 is 9.90 Å². The highest BCUT2D eigenvalue weighted by molar-refractivity contribution is 6.06. The van der Waals surface area contributed by atoms with Gasteiger partial charge in [0, 0.05) is 5.56 Å². The Bertz CT molecular complexity index is 465. The van der Waals surface area contributed by atoms with Crippen LogP contribution in [0.4, 0.5) is 4.79 Å². The minimum atomic E-state index is -0.984. The van der Waals surface area contributed by atoms with Crippen LogP contribution in [0.5, 0.6) is 0 Å². The van der Waals surface area contributed by atoms with Crippen molar-refractivity contribution in [2.45, 2.75) is 37.7 Å². The Morgan fingerprint density at radius 1 is 1.21 bits per heavy atom. The lowest BCUT2D eigenvalue weighted by Gasteiger charge is -2.33. The largest absolute Gasteiger partial charge is 0.383 e.